The summed E-state index contributed by atoms with van der Waals surface area (Å²) in [6.45, 7) is 0.863. The third-order valence-electron chi connectivity index (χ3n) is 5.95. The van der Waals surface area contributed by atoms with Crippen LogP contribution in [0.2, 0.25) is 0 Å². The van der Waals surface area contributed by atoms with E-state index in [2.05, 4.69) is 51.6 Å². The van der Waals surface area contributed by atoms with Gasteiger partial charge in [-0.25, -0.2) is 4.98 Å². The molecule has 1 aliphatic heterocycles. The molecule has 5 rings (SSSR count). The maximum Gasteiger partial charge on any atom is 0.247 e. The van der Waals surface area contributed by atoms with E-state index >= 15 is 0 Å². The Morgan fingerprint density at radius 1 is 1.14 bits per heavy atom. The summed E-state index contributed by atoms with van der Waals surface area (Å²) in [7, 11) is 2.01. The molecule has 2 heterocycles. The number of aromatic nitrogens is 2. The fourth-order valence-corrected chi connectivity index (χ4v) is 4.41. The van der Waals surface area contributed by atoms with Crippen molar-refractivity contribution < 1.29 is 4.79 Å². The number of para-hydroxylation sites is 1. The van der Waals surface area contributed by atoms with E-state index in [0.717, 1.165) is 24.9 Å². The molecule has 5 nitrogen and oxygen atoms in total. The highest BCUT2D eigenvalue weighted by Gasteiger charge is 2.43. The first-order valence-corrected chi connectivity index (χ1v) is 9.88. The number of hydrogen-bond acceptors (Lipinski definition) is 3. The number of amides is 1. The van der Waals surface area contributed by atoms with Gasteiger partial charge in [-0.2, -0.15) is 0 Å². The zero-order valence-corrected chi connectivity index (χ0v) is 16.0. The van der Waals surface area contributed by atoms with Crippen LogP contribution in [0.1, 0.15) is 35.2 Å². The molecule has 0 saturated heterocycles. The summed E-state index contributed by atoms with van der Waals surface area (Å²) < 4.78 is 2.04. The molecule has 1 fully saturated rings. The monoisotopic (exact) mass is 372 g/mol. The minimum absolute atomic E-state index is 0.0811. The number of fused-ring (bicyclic) bond motifs is 1. The highest BCUT2D eigenvalue weighted by Crippen LogP contribution is 2.41. The van der Waals surface area contributed by atoms with Crippen LogP contribution in [-0.2, 0) is 18.3 Å². The van der Waals surface area contributed by atoms with Gasteiger partial charge in [0.1, 0.15) is 6.04 Å². The van der Waals surface area contributed by atoms with Crippen LogP contribution in [0.15, 0.2) is 67.1 Å². The van der Waals surface area contributed by atoms with Crippen molar-refractivity contribution in [3.63, 3.8) is 0 Å². The number of nitrogens with zero attached hydrogens (tertiary/aromatic N) is 3. The van der Waals surface area contributed by atoms with Crippen molar-refractivity contribution in [2.75, 3.05) is 11.4 Å². The van der Waals surface area contributed by atoms with Gasteiger partial charge in [0.15, 0.2) is 0 Å². The largest absolute Gasteiger partial charge is 0.355 e. The van der Waals surface area contributed by atoms with E-state index in [1.165, 1.54) is 16.9 Å². The van der Waals surface area contributed by atoms with Crippen LogP contribution in [0.3, 0.4) is 0 Å². The van der Waals surface area contributed by atoms with Crippen LogP contribution in [0, 0.1) is 0 Å². The van der Waals surface area contributed by atoms with E-state index in [-0.39, 0.29) is 18.0 Å². The van der Waals surface area contributed by atoms with Gasteiger partial charge in [-0.3, -0.25) is 4.79 Å². The number of aryl methyl sites for hydroxylation is 1. The smallest absolute Gasteiger partial charge is 0.247 e. The first-order chi connectivity index (χ1) is 13.7. The number of imidazole rings is 1. The maximum absolute atomic E-state index is 13.4. The molecule has 1 unspecified atom stereocenters. The highest BCUT2D eigenvalue weighted by molar-refractivity contribution is 5.88. The quantitative estimate of drug-likeness (QED) is 0.748. The van der Waals surface area contributed by atoms with E-state index in [1.807, 2.05) is 42.3 Å². The van der Waals surface area contributed by atoms with E-state index in [0.29, 0.717) is 5.92 Å². The normalized spacial score (nSPS) is 21.2. The Labute approximate surface area is 165 Å². The molecule has 28 heavy (non-hydrogen) atoms. The lowest BCUT2D eigenvalue weighted by molar-refractivity contribution is -0.122. The SMILES string of the molecule is Cn1cncc1[C@@H]1C[C@H]1NC(=O)C(c1ccccc1)N1CCc2ccccc21. The average molecular weight is 372 g/mol. The summed E-state index contributed by atoms with van der Waals surface area (Å²) in [6, 6.07) is 18.4. The topological polar surface area (TPSA) is 50.2 Å². The second kappa shape index (κ2) is 6.82. The molecule has 5 heteroatoms. The molecular formula is C23H24N4O. The van der Waals surface area contributed by atoms with Gasteiger partial charge in [-0.15, -0.1) is 0 Å². The van der Waals surface area contributed by atoms with Gasteiger partial charge < -0.3 is 14.8 Å². The molecule has 142 valence electrons. The van der Waals surface area contributed by atoms with E-state index in [4.69, 9.17) is 0 Å². The molecule has 2 aromatic carbocycles. The number of anilines is 1. The summed E-state index contributed by atoms with van der Waals surface area (Å²) in [4.78, 5) is 19.9. The van der Waals surface area contributed by atoms with Crippen LogP contribution < -0.4 is 10.2 Å². The molecule has 0 bridgehead atoms. The predicted molar refractivity (Wildman–Crippen MR) is 109 cm³/mol. The van der Waals surface area contributed by atoms with Gasteiger partial charge in [0.05, 0.1) is 6.33 Å². The van der Waals surface area contributed by atoms with Crippen molar-refractivity contribution in [2.24, 2.45) is 7.05 Å². The lowest BCUT2D eigenvalue weighted by Crippen LogP contribution is -2.41. The standard InChI is InChI=1S/C23H24N4O/c1-26-15-24-14-21(26)18-13-19(18)25-23(28)22(17-8-3-2-4-9-17)27-12-11-16-7-5-6-10-20(16)27/h2-10,14-15,18-19,22H,11-13H2,1H3,(H,25,28)/t18-,19-,22?/m1/s1. The van der Waals surface area contributed by atoms with Gasteiger partial charge in [0.2, 0.25) is 5.91 Å². The van der Waals surface area contributed by atoms with Gasteiger partial charge in [-0.05, 0) is 30.0 Å². The Morgan fingerprint density at radius 3 is 2.71 bits per heavy atom. The predicted octanol–water partition coefficient (Wildman–Crippen LogP) is 3.20. The minimum Gasteiger partial charge on any atom is -0.355 e. The molecule has 1 N–H and O–H groups in total. The Kier molecular flexibility index (Phi) is 4.15. The molecule has 1 amide bonds. The third-order valence-corrected chi connectivity index (χ3v) is 5.95. The highest BCUT2D eigenvalue weighted by atomic mass is 16.2. The minimum atomic E-state index is -0.308. The number of rotatable bonds is 5. The lowest BCUT2D eigenvalue weighted by Gasteiger charge is -2.30. The molecule has 0 radical (unpaired) electrons. The summed E-state index contributed by atoms with van der Waals surface area (Å²) >= 11 is 0. The van der Waals surface area contributed by atoms with E-state index in [1.54, 1.807) is 0 Å². The number of nitrogens with one attached hydrogen (secondary N) is 1. The molecular weight excluding hydrogens is 348 g/mol. The van der Waals surface area contributed by atoms with Crippen molar-refractivity contribution in [3.8, 4) is 0 Å². The molecule has 1 aromatic heterocycles. The molecule has 2 aliphatic rings. The zero-order valence-electron chi connectivity index (χ0n) is 16.0. The zero-order chi connectivity index (χ0) is 19.1. The average Bonchev–Trinajstić information content (AvgIpc) is 3.12. The van der Waals surface area contributed by atoms with Crippen LogP contribution in [0.5, 0.6) is 0 Å². The first-order valence-electron chi connectivity index (χ1n) is 9.88. The summed E-state index contributed by atoms with van der Waals surface area (Å²) in [5, 5.41) is 3.30. The Balaban J connectivity index is 1.40. The molecule has 0 spiro atoms. The van der Waals surface area contributed by atoms with Gasteiger partial charge in [-0.1, -0.05) is 48.5 Å². The Bertz CT molecular complexity index is 997. The Morgan fingerprint density at radius 2 is 1.93 bits per heavy atom. The lowest BCUT2D eigenvalue weighted by atomic mass is 10.0. The van der Waals surface area contributed by atoms with Gasteiger partial charge in [0.25, 0.3) is 0 Å². The second-order valence-electron chi connectivity index (χ2n) is 7.77. The van der Waals surface area contributed by atoms with Gasteiger partial charge in [0, 0.05) is 43.1 Å². The molecule has 3 atom stereocenters. The molecule has 1 aliphatic carbocycles. The van der Waals surface area contributed by atoms with E-state index < -0.39 is 0 Å². The van der Waals surface area contributed by atoms with Crippen LogP contribution in [0.25, 0.3) is 0 Å². The summed E-state index contributed by atoms with van der Waals surface area (Å²) in [5.41, 5.74) is 4.71. The summed E-state index contributed by atoms with van der Waals surface area (Å²) in [5.74, 6) is 0.441. The third kappa shape index (κ3) is 2.97. The number of benzene rings is 2. The van der Waals surface area contributed by atoms with Crippen molar-refractivity contribution >= 4 is 11.6 Å². The van der Waals surface area contributed by atoms with Crippen molar-refractivity contribution in [3.05, 3.63) is 83.9 Å². The second-order valence-corrected chi connectivity index (χ2v) is 7.77. The van der Waals surface area contributed by atoms with Crippen LogP contribution in [0.4, 0.5) is 5.69 Å². The molecule has 1 saturated carbocycles. The number of hydrogen-bond donors (Lipinski definition) is 1. The fraction of sp³-hybridized carbons (Fsp3) is 0.304. The van der Waals surface area contributed by atoms with Crippen LogP contribution >= 0.6 is 0 Å². The number of carbonyl (C=O) groups excluding carboxylic acids is 1. The Hall–Kier alpha value is -3.08. The van der Waals surface area contributed by atoms with Crippen LogP contribution in [-0.4, -0.2) is 28.0 Å². The summed E-state index contributed by atoms with van der Waals surface area (Å²) in [6.07, 6.45) is 5.68. The molecule has 3 aromatic rings. The van der Waals surface area contributed by atoms with E-state index in [9.17, 15) is 4.79 Å². The first kappa shape index (κ1) is 17.0. The van der Waals surface area contributed by atoms with Crippen molar-refractivity contribution in [1.82, 2.24) is 14.9 Å². The maximum atomic E-state index is 13.4. The van der Waals surface area contributed by atoms with Gasteiger partial charge >= 0.3 is 0 Å². The van der Waals surface area contributed by atoms with Crippen molar-refractivity contribution in [1.29, 1.82) is 0 Å². The van der Waals surface area contributed by atoms with Crippen molar-refractivity contribution in [2.45, 2.75) is 30.8 Å². The number of carbonyl (C=O) groups is 1. The fourth-order valence-electron chi connectivity index (χ4n) is 4.41.